The van der Waals surface area contributed by atoms with Gasteiger partial charge in [0.25, 0.3) is 0 Å². The standard InChI is InChI=1S/C11H27O4PSi/c1-8-12-11(4,13-9-2)16(14-10-3)15-17(5,6)7/h8-10H2,1-7H3. The molecule has 0 aliphatic rings. The molecule has 1 atom stereocenters. The minimum Gasteiger partial charge on any atom is -0.372 e. The van der Waals surface area contributed by atoms with Gasteiger partial charge in [0, 0.05) is 13.2 Å². The van der Waals surface area contributed by atoms with Crippen LogP contribution in [-0.2, 0) is 18.2 Å². The van der Waals surface area contributed by atoms with E-state index >= 15 is 0 Å². The lowest BCUT2D eigenvalue weighted by atomic mass is 10.7. The first-order valence-corrected chi connectivity index (χ1v) is 10.8. The topological polar surface area (TPSA) is 36.9 Å². The van der Waals surface area contributed by atoms with Crippen molar-refractivity contribution in [3.05, 3.63) is 0 Å². The Hall–Kier alpha value is 0.487. The predicted octanol–water partition coefficient (Wildman–Crippen LogP) is 3.93. The van der Waals surface area contributed by atoms with Crippen molar-refractivity contribution >= 4 is 16.7 Å². The molecule has 0 aromatic rings. The van der Waals surface area contributed by atoms with Gasteiger partial charge in [-0.05, 0) is 47.3 Å². The molecular weight excluding hydrogens is 255 g/mol. The molecule has 1 unspecified atom stereocenters. The van der Waals surface area contributed by atoms with E-state index in [2.05, 4.69) is 19.6 Å². The van der Waals surface area contributed by atoms with Gasteiger partial charge in [-0.1, -0.05) is 0 Å². The van der Waals surface area contributed by atoms with Crippen molar-refractivity contribution in [2.45, 2.75) is 52.9 Å². The van der Waals surface area contributed by atoms with Crippen LogP contribution >= 0.6 is 8.38 Å². The van der Waals surface area contributed by atoms with E-state index in [1.54, 1.807) is 0 Å². The van der Waals surface area contributed by atoms with Crippen molar-refractivity contribution in [3.8, 4) is 0 Å². The Kier molecular flexibility index (Phi) is 8.04. The molecule has 0 aromatic carbocycles. The van der Waals surface area contributed by atoms with E-state index in [4.69, 9.17) is 18.2 Å². The van der Waals surface area contributed by atoms with E-state index < -0.39 is 22.2 Å². The summed E-state index contributed by atoms with van der Waals surface area (Å²) >= 11 is 0. The van der Waals surface area contributed by atoms with Crippen LogP contribution in [-0.4, -0.2) is 33.7 Å². The molecule has 0 aliphatic carbocycles. The Morgan fingerprint density at radius 1 is 0.941 bits per heavy atom. The predicted molar refractivity (Wildman–Crippen MR) is 74.6 cm³/mol. The summed E-state index contributed by atoms with van der Waals surface area (Å²) in [5.74, 6) is 0. The number of ether oxygens (including phenoxy) is 2. The van der Waals surface area contributed by atoms with E-state index in [1.807, 2.05) is 27.7 Å². The van der Waals surface area contributed by atoms with E-state index in [0.29, 0.717) is 19.8 Å². The maximum absolute atomic E-state index is 6.08. The summed E-state index contributed by atoms with van der Waals surface area (Å²) in [6, 6.07) is 0. The van der Waals surface area contributed by atoms with Gasteiger partial charge in [0.1, 0.15) is 0 Å². The third-order valence-electron chi connectivity index (χ3n) is 1.76. The second kappa shape index (κ2) is 7.82. The van der Waals surface area contributed by atoms with E-state index in [9.17, 15) is 0 Å². The number of rotatable bonds is 9. The summed E-state index contributed by atoms with van der Waals surface area (Å²) < 4.78 is 23.2. The molecule has 0 aromatic heterocycles. The summed E-state index contributed by atoms with van der Waals surface area (Å²) in [6.45, 7) is 15.9. The molecule has 0 radical (unpaired) electrons. The van der Waals surface area contributed by atoms with Crippen LogP contribution in [0.4, 0.5) is 0 Å². The summed E-state index contributed by atoms with van der Waals surface area (Å²) in [4.78, 5) is 0. The van der Waals surface area contributed by atoms with Crippen LogP contribution in [0, 0.1) is 0 Å². The lowest BCUT2D eigenvalue weighted by molar-refractivity contribution is -0.167. The molecule has 0 heterocycles. The molecule has 4 nitrogen and oxygen atoms in total. The Bertz CT molecular complexity index is 202. The zero-order valence-corrected chi connectivity index (χ0v) is 14.1. The molecule has 0 rings (SSSR count). The van der Waals surface area contributed by atoms with E-state index in [-0.39, 0.29) is 0 Å². The maximum Gasteiger partial charge on any atom is 0.236 e. The van der Waals surface area contributed by atoms with Crippen molar-refractivity contribution < 1.29 is 18.2 Å². The van der Waals surface area contributed by atoms with Crippen molar-refractivity contribution in [1.29, 1.82) is 0 Å². The number of hydrogen-bond donors (Lipinski definition) is 0. The van der Waals surface area contributed by atoms with Crippen molar-refractivity contribution in [1.82, 2.24) is 0 Å². The van der Waals surface area contributed by atoms with Gasteiger partial charge in [-0.25, -0.2) is 0 Å². The molecule has 0 bridgehead atoms. The molecule has 0 saturated heterocycles. The highest BCUT2D eigenvalue weighted by molar-refractivity contribution is 7.50. The van der Waals surface area contributed by atoms with Crippen molar-refractivity contribution in [2.24, 2.45) is 0 Å². The summed E-state index contributed by atoms with van der Waals surface area (Å²) in [6.07, 6.45) is 0. The first-order chi connectivity index (χ1) is 7.79. The second-order valence-electron chi connectivity index (χ2n) is 4.64. The molecule has 0 aliphatic heterocycles. The highest BCUT2D eigenvalue weighted by atomic mass is 31.2. The van der Waals surface area contributed by atoms with E-state index in [1.165, 1.54) is 0 Å². The van der Waals surface area contributed by atoms with Gasteiger partial charge < -0.3 is 18.2 Å². The van der Waals surface area contributed by atoms with Crippen LogP contribution in [0.25, 0.3) is 0 Å². The third kappa shape index (κ3) is 6.84. The lowest BCUT2D eigenvalue weighted by Gasteiger charge is -2.37. The quantitative estimate of drug-likeness (QED) is 0.365. The van der Waals surface area contributed by atoms with Gasteiger partial charge in [-0.2, -0.15) is 0 Å². The number of hydrogen-bond acceptors (Lipinski definition) is 4. The zero-order chi connectivity index (χ0) is 13.5. The summed E-state index contributed by atoms with van der Waals surface area (Å²) in [5, 5.41) is 0. The van der Waals surface area contributed by atoms with Crippen LogP contribution < -0.4 is 0 Å². The van der Waals surface area contributed by atoms with Crippen LogP contribution in [0.15, 0.2) is 0 Å². The largest absolute Gasteiger partial charge is 0.372 e. The third-order valence-corrected chi connectivity index (χ3v) is 6.03. The molecule has 0 saturated carbocycles. The molecule has 0 spiro atoms. The molecule has 17 heavy (non-hydrogen) atoms. The first-order valence-electron chi connectivity index (χ1n) is 6.19. The Morgan fingerprint density at radius 3 is 1.71 bits per heavy atom. The first kappa shape index (κ1) is 17.5. The fourth-order valence-corrected chi connectivity index (χ4v) is 5.08. The SMILES string of the molecule is CCOP(O[Si](C)(C)C)C(C)(OCC)OCC. The molecular formula is C11H27O4PSi. The van der Waals surface area contributed by atoms with E-state index in [0.717, 1.165) is 0 Å². The fraction of sp³-hybridized carbons (Fsp3) is 1.00. The Labute approximate surface area is 108 Å². The van der Waals surface area contributed by atoms with Gasteiger partial charge in [-0.3, -0.25) is 0 Å². The van der Waals surface area contributed by atoms with Gasteiger partial charge in [0.15, 0.2) is 8.32 Å². The summed E-state index contributed by atoms with van der Waals surface area (Å²) in [7, 11) is -2.87. The zero-order valence-electron chi connectivity index (χ0n) is 12.2. The van der Waals surface area contributed by atoms with Gasteiger partial charge in [-0.15, -0.1) is 0 Å². The van der Waals surface area contributed by atoms with Crippen LogP contribution in [0.1, 0.15) is 27.7 Å². The van der Waals surface area contributed by atoms with Gasteiger partial charge >= 0.3 is 0 Å². The average Bonchev–Trinajstić information content (AvgIpc) is 2.16. The normalized spacial score (nSPS) is 15.0. The van der Waals surface area contributed by atoms with Crippen LogP contribution in [0.5, 0.6) is 0 Å². The van der Waals surface area contributed by atoms with Crippen molar-refractivity contribution in [2.75, 3.05) is 19.8 Å². The average molecular weight is 282 g/mol. The maximum atomic E-state index is 6.08. The van der Waals surface area contributed by atoms with Crippen LogP contribution in [0.2, 0.25) is 19.6 Å². The molecule has 0 amide bonds. The molecule has 6 heteroatoms. The lowest BCUT2D eigenvalue weighted by Crippen LogP contribution is -2.36. The van der Waals surface area contributed by atoms with Crippen LogP contribution in [0.3, 0.4) is 0 Å². The highest BCUT2D eigenvalue weighted by Crippen LogP contribution is 2.54. The monoisotopic (exact) mass is 282 g/mol. The Balaban J connectivity index is 4.81. The minimum atomic E-state index is -1.68. The van der Waals surface area contributed by atoms with Gasteiger partial charge in [0.05, 0.1) is 6.61 Å². The summed E-state index contributed by atoms with van der Waals surface area (Å²) in [5.41, 5.74) is -0.769. The minimum absolute atomic E-state index is 0.581. The molecule has 0 fully saturated rings. The highest BCUT2D eigenvalue weighted by Gasteiger charge is 2.41. The smallest absolute Gasteiger partial charge is 0.236 e. The van der Waals surface area contributed by atoms with Crippen molar-refractivity contribution in [3.63, 3.8) is 0 Å². The fourth-order valence-electron chi connectivity index (χ4n) is 1.28. The Morgan fingerprint density at radius 2 is 1.41 bits per heavy atom. The molecule has 104 valence electrons. The second-order valence-corrected chi connectivity index (χ2v) is 11.2. The van der Waals surface area contributed by atoms with Gasteiger partial charge in [0.2, 0.25) is 13.9 Å². The molecule has 0 N–H and O–H groups in total.